The number of aliphatic hydroxyl groups is 3. The number of hydrogen-bond donors (Lipinski definition) is 6. The number of carboxylic acid groups (broad SMARTS) is 1. The van der Waals surface area contributed by atoms with E-state index in [1.54, 1.807) is 0 Å². The lowest BCUT2D eigenvalue weighted by atomic mass is 9.90. The van der Waals surface area contributed by atoms with Crippen LogP contribution in [0.4, 0.5) is 0 Å². The predicted octanol–water partition coefficient (Wildman–Crippen LogP) is -0.645. The quantitative estimate of drug-likeness (QED) is 0.289. The third-order valence-electron chi connectivity index (χ3n) is 4.64. The van der Waals surface area contributed by atoms with Gasteiger partial charge in [0.2, 0.25) is 11.7 Å². The van der Waals surface area contributed by atoms with Crippen molar-refractivity contribution >= 4 is 11.9 Å². The normalized spacial score (nSPS) is 25.9. The van der Waals surface area contributed by atoms with Crippen molar-refractivity contribution in [1.29, 1.82) is 0 Å². The highest BCUT2D eigenvalue weighted by Crippen LogP contribution is 2.24. The molecule has 0 saturated heterocycles. The van der Waals surface area contributed by atoms with Gasteiger partial charge in [-0.3, -0.25) is 4.79 Å². The van der Waals surface area contributed by atoms with Gasteiger partial charge in [-0.15, -0.1) is 0 Å². The number of ether oxygens (including phenoxy) is 1. The maximum atomic E-state index is 11.7. The first-order valence-electron chi connectivity index (χ1n) is 9.24. The molecule has 156 valence electrons. The van der Waals surface area contributed by atoms with Crippen LogP contribution in [0.1, 0.15) is 40.5 Å². The minimum absolute atomic E-state index is 0.0428. The Kier molecular flexibility index (Phi) is 9.17. The number of carbonyl (C=O) groups is 2. The van der Waals surface area contributed by atoms with Gasteiger partial charge in [0, 0.05) is 13.0 Å². The number of carboxylic acids is 1. The molecule has 0 radical (unpaired) electrons. The van der Waals surface area contributed by atoms with Crippen LogP contribution in [0.5, 0.6) is 0 Å². The van der Waals surface area contributed by atoms with E-state index in [2.05, 4.69) is 10.6 Å². The number of aliphatic carboxylic acids is 1. The Labute approximate surface area is 159 Å². The Hall–Kier alpha value is -1.68. The highest BCUT2D eigenvalue weighted by molar-refractivity contribution is 5.84. The zero-order chi connectivity index (χ0) is 20.7. The van der Waals surface area contributed by atoms with E-state index < -0.39 is 48.9 Å². The van der Waals surface area contributed by atoms with Crippen molar-refractivity contribution in [3.05, 3.63) is 11.8 Å². The average Bonchev–Trinajstić information content (AvgIpc) is 2.60. The van der Waals surface area contributed by atoms with Crippen LogP contribution in [0, 0.1) is 5.92 Å². The van der Waals surface area contributed by atoms with Crippen LogP contribution in [0.3, 0.4) is 0 Å². The zero-order valence-corrected chi connectivity index (χ0v) is 16.3. The Bertz CT molecular complexity index is 538. The molecule has 1 amide bonds. The van der Waals surface area contributed by atoms with Crippen molar-refractivity contribution in [2.75, 3.05) is 6.61 Å². The SMILES string of the molecule is CCCC(N[C@H]1C=C(C(=O)O)O[C@@H]([C@H](O)[C@H](O)CO)[C@@H]1NC(C)=O)C(C)C. The van der Waals surface area contributed by atoms with E-state index >= 15 is 0 Å². The van der Waals surface area contributed by atoms with Crippen LogP contribution in [0.15, 0.2) is 11.8 Å². The van der Waals surface area contributed by atoms with Gasteiger partial charge in [0.1, 0.15) is 18.3 Å². The van der Waals surface area contributed by atoms with E-state index in [0.717, 1.165) is 12.8 Å². The van der Waals surface area contributed by atoms with Gasteiger partial charge in [-0.1, -0.05) is 27.2 Å². The van der Waals surface area contributed by atoms with Crippen LogP contribution >= 0.6 is 0 Å². The van der Waals surface area contributed by atoms with E-state index in [9.17, 15) is 24.9 Å². The maximum absolute atomic E-state index is 11.7. The molecular weight excluding hydrogens is 356 g/mol. The number of carbonyl (C=O) groups excluding carboxylic acids is 1. The Morgan fingerprint density at radius 1 is 1.30 bits per heavy atom. The lowest BCUT2D eigenvalue weighted by Crippen LogP contribution is -2.64. The molecule has 6 N–H and O–H groups in total. The van der Waals surface area contributed by atoms with Gasteiger partial charge >= 0.3 is 5.97 Å². The Balaban J connectivity index is 3.27. The van der Waals surface area contributed by atoms with E-state index in [0.29, 0.717) is 0 Å². The predicted molar refractivity (Wildman–Crippen MR) is 97.8 cm³/mol. The second kappa shape index (κ2) is 10.6. The molecule has 0 aromatic carbocycles. The molecule has 0 saturated carbocycles. The lowest BCUT2D eigenvalue weighted by molar-refractivity contribution is -0.146. The summed E-state index contributed by atoms with van der Waals surface area (Å²) < 4.78 is 5.36. The maximum Gasteiger partial charge on any atom is 0.370 e. The number of nitrogens with one attached hydrogen (secondary N) is 2. The monoisotopic (exact) mass is 388 g/mol. The zero-order valence-electron chi connectivity index (χ0n) is 16.3. The first kappa shape index (κ1) is 23.4. The van der Waals surface area contributed by atoms with Crippen molar-refractivity contribution in [2.45, 2.75) is 77.0 Å². The van der Waals surface area contributed by atoms with Crippen LogP contribution in [0.25, 0.3) is 0 Å². The van der Waals surface area contributed by atoms with Gasteiger partial charge in [0.05, 0.1) is 18.7 Å². The molecule has 0 spiro atoms. The first-order valence-corrected chi connectivity index (χ1v) is 9.24. The Morgan fingerprint density at radius 2 is 1.93 bits per heavy atom. The van der Waals surface area contributed by atoms with E-state index in [1.807, 2.05) is 20.8 Å². The molecule has 1 aliphatic rings. The molecule has 0 bridgehead atoms. The molecular formula is C18H32N2O7. The molecule has 1 heterocycles. The van der Waals surface area contributed by atoms with Crippen LogP contribution < -0.4 is 10.6 Å². The van der Waals surface area contributed by atoms with Crippen LogP contribution in [-0.2, 0) is 14.3 Å². The second-order valence-corrected chi connectivity index (χ2v) is 7.22. The summed E-state index contributed by atoms with van der Waals surface area (Å²) in [5.41, 5.74) is 0. The van der Waals surface area contributed by atoms with Crippen molar-refractivity contribution in [3.8, 4) is 0 Å². The molecule has 0 fully saturated rings. The molecule has 6 atom stereocenters. The minimum Gasteiger partial charge on any atom is -0.478 e. The summed E-state index contributed by atoms with van der Waals surface area (Å²) in [6.07, 6.45) is -1.28. The van der Waals surface area contributed by atoms with E-state index in [-0.39, 0.29) is 17.7 Å². The molecule has 1 aliphatic heterocycles. The van der Waals surface area contributed by atoms with Crippen molar-refractivity contribution < 1.29 is 34.8 Å². The minimum atomic E-state index is -1.59. The summed E-state index contributed by atoms with van der Waals surface area (Å²) in [6, 6.07) is -1.43. The third kappa shape index (κ3) is 6.46. The van der Waals surface area contributed by atoms with Gasteiger partial charge in [0.15, 0.2) is 0 Å². The first-order chi connectivity index (χ1) is 12.6. The summed E-state index contributed by atoms with van der Waals surface area (Å²) >= 11 is 0. The largest absolute Gasteiger partial charge is 0.478 e. The second-order valence-electron chi connectivity index (χ2n) is 7.22. The van der Waals surface area contributed by atoms with Gasteiger partial charge in [0.25, 0.3) is 0 Å². The molecule has 9 nitrogen and oxygen atoms in total. The van der Waals surface area contributed by atoms with Crippen LogP contribution in [-0.4, -0.2) is 75.3 Å². The topological polar surface area (TPSA) is 148 Å². The van der Waals surface area contributed by atoms with Gasteiger partial charge in [-0.2, -0.15) is 0 Å². The summed E-state index contributed by atoms with van der Waals surface area (Å²) in [5, 5.41) is 44.7. The highest BCUT2D eigenvalue weighted by Gasteiger charge is 2.44. The molecule has 0 aromatic heterocycles. The molecule has 0 aromatic rings. The Morgan fingerprint density at radius 3 is 2.37 bits per heavy atom. The molecule has 1 rings (SSSR count). The molecule has 27 heavy (non-hydrogen) atoms. The van der Waals surface area contributed by atoms with Gasteiger partial charge in [-0.25, -0.2) is 4.79 Å². The van der Waals surface area contributed by atoms with Crippen molar-refractivity contribution in [2.24, 2.45) is 5.92 Å². The average molecular weight is 388 g/mol. The number of aliphatic hydroxyl groups excluding tert-OH is 3. The van der Waals surface area contributed by atoms with Crippen molar-refractivity contribution in [3.63, 3.8) is 0 Å². The van der Waals surface area contributed by atoms with E-state index in [4.69, 9.17) is 9.84 Å². The molecule has 1 unspecified atom stereocenters. The summed E-state index contributed by atoms with van der Waals surface area (Å²) in [5.74, 6) is -1.86. The fourth-order valence-corrected chi connectivity index (χ4v) is 3.19. The number of amides is 1. The summed E-state index contributed by atoms with van der Waals surface area (Å²) in [4.78, 5) is 23.2. The number of rotatable bonds is 10. The van der Waals surface area contributed by atoms with E-state index in [1.165, 1.54) is 13.0 Å². The summed E-state index contributed by atoms with van der Waals surface area (Å²) in [6.45, 7) is 6.66. The van der Waals surface area contributed by atoms with Gasteiger partial charge < -0.3 is 35.8 Å². The lowest BCUT2D eigenvalue weighted by Gasteiger charge is -2.41. The molecule has 9 heteroatoms. The highest BCUT2D eigenvalue weighted by atomic mass is 16.5. The fraction of sp³-hybridized carbons (Fsp3) is 0.778. The smallest absolute Gasteiger partial charge is 0.370 e. The van der Waals surface area contributed by atoms with Crippen molar-refractivity contribution in [1.82, 2.24) is 10.6 Å². The summed E-state index contributed by atoms with van der Waals surface area (Å²) in [7, 11) is 0. The van der Waals surface area contributed by atoms with Gasteiger partial charge in [-0.05, 0) is 18.4 Å². The molecule has 0 aliphatic carbocycles. The van der Waals surface area contributed by atoms with Crippen LogP contribution in [0.2, 0.25) is 0 Å². The standard InChI is InChI=1S/C18H32N2O7/c1-5-6-11(9(2)3)20-12-7-14(18(25)26)27-17(15(12)19-10(4)22)16(24)13(23)8-21/h7,9,11-13,15-17,20-21,23-24H,5-6,8H2,1-4H3,(H,19,22)(H,25,26)/t11?,12-,13+,15+,16+,17+/m0/s1. The third-order valence-corrected chi connectivity index (χ3v) is 4.64. The fourth-order valence-electron chi connectivity index (χ4n) is 3.19. The number of hydrogen-bond acceptors (Lipinski definition) is 7.